The lowest BCUT2D eigenvalue weighted by molar-refractivity contribution is 0.0697. The van der Waals surface area contributed by atoms with Crippen molar-refractivity contribution in [2.75, 3.05) is 11.4 Å². The summed E-state index contributed by atoms with van der Waals surface area (Å²) in [5, 5.41) is 17.3. The monoisotopic (exact) mass is 371 g/mol. The number of nitrogens with two attached hydrogens (primary N) is 1. The number of hydrogen-bond acceptors (Lipinski definition) is 3. The molecule has 140 valence electrons. The number of anilines is 1. The maximum Gasteiger partial charge on any atom is 0.336 e. The first-order chi connectivity index (χ1) is 13.5. The highest BCUT2D eigenvalue weighted by Gasteiger charge is 2.22. The van der Waals surface area contributed by atoms with Crippen molar-refractivity contribution in [1.29, 1.82) is 5.41 Å². The number of nitrogens with zero attached hydrogens (tertiary/aromatic N) is 1. The molecule has 0 saturated heterocycles. The molecule has 5 nitrogen and oxygen atoms in total. The summed E-state index contributed by atoms with van der Waals surface area (Å²) < 4.78 is 0. The Morgan fingerprint density at radius 2 is 1.75 bits per heavy atom. The molecule has 1 aliphatic rings. The zero-order valence-corrected chi connectivity index (χ0v) is 15.4. The van der Waals surface area contributed by atoms with Crippen molar-refractivity contribution in [2.24, 2.45) is 5.73 Å². The molecule has 3 aromatic rings. The first kappa shape index (κ1) is 17.8. The number of carboxylic acid groups (broad SMARTS) is 1. The maximum absolute atomic E-state index is 11.7. The minimum Gasteiger partial charge on any atom is -0.478 e. The van der Waals surface area contributed by atoms with Gasteiger partial charge in [0, 0.05) is 24.3 Å². The van der Waals surface area contributed by atoms with Crippen LogP contribution in [0.3, 0.4) is 0 Å². The van der Waals surface area contributed by atoms with Gasteiger partial charge in [-0.25, -0.2) is 4.79 Å². The Bertz CT molecular complexity index is 1070. The molecular formula is C23H21N3O2. The quantitative estimate of drug-likeness (QED) is 0.469. The fraction of sp³-hybridized carbons (Fsp3) is 0.130. The van der Waals surface area contributed by atoms with Crippen LogP contribution in [0.5, 0.6) is 0 Å². The molecule has 0 spiro atoms. The Morgan fingerprint density at radius 1 is 1.04 bits per heavy atom. The van der Waals surface area contributed by atoms with Gasteiger partial charge in [-0.1, -0.05) is 54.6 Å². The standard InChI is InChI=1S/C23H21N3O2/c24-22(25)16-10-9-15-11-12-26(21(15)13-16)14-17-5-1-2-6-18(17)19-7-3-4-8-20(19)23(27)28/h1-10,13H,11-12,14H2,(H3,24,25)(H,27,28). The Kier molecular flexibility index (Phi) is 4.57. The van der Waals surface area contributed by atoms with E-state index in [1.807, 2.05) is 54.6 Å². The Hall–Kier alpha value is -3.60. The zero-order chi connectivity index (χ0) is 19.7. The predicted molar refractivity (Wildman–Crippen MR) is 111 cm³/mol. The first-order valence-electron chi connectivity index (χ1n) is 9.17. The second kappa shape index (κ2) is 7.19. The van der Waals surface area contributed by atoms with E-state index in [0.717, 1.165) is 40.9 Å². The lowest BCUT2D eigenvalue weighted by Crippen LogP contribution is -2.21. The molecule has 0 aliphatic carbocycles. The lowest BCUT2D eigenvalue weighted by atomic mass is 9.95. The van der Waals surface area contributed by atoms with Crippen molar-refractivity contribution in [3.8, 4) is 11.1 Å². The Morgan fingerprint density at radius 3 is 2.50 bits per heavy atom. The van der Waals surface area contributed by atoms with Crippen LogP contribution in [-0.2, 0) is 13.0 Å². The molecule has 3 aromatic carbocycles. The third kappa shape index (κ3) is 3.22. The summed E-state index contributed by atoms with van der Waals surface area (Å²) in [4.78, 5) is 13.9. The van der Waals surface area contributed by atoms with E-state index < -0.39 is 5.97 Å². The molecule has 0 radical (unpaired) electrons. The number of rotatable bonds is 5. The Labute approximate surface area is 163 Å². The predicted octanol–water partition coefficient (Wildman–Crippen LogP) is 3.90. The van der Waals surface area contributed by atoms with Crippen molar-refractivity contribution in [2.45, 2.75) is 13.0 Å². The van der Waals surface area contributed by atoms with Crippen molar-refractivity contribution in [1.82, 2.24) is 0 Å². The van der Waals surface area contributed by atoms with Gasteiger partial charge in [-0.05, 0) is 40.8 Å². The molecule has 5 heteroatoms. The van der Waals surface area contributed by atoms with Gasteiger partial charge in [0.15, 0.2) is 0 Å². The zero-order valence-electron chi connectivity index (χ0n) is 15.4. The number of aromatic carboxylic acids is 1. The molecule has 0 aromatic heterocycles. The average Bonchev–Trinajstić information content (AvgIpc) is 3.10. The van der Waals surface area contributed by atoms with Crippen LogP contribution in [0.25, 0.3) is 11.1 Å². The molecule has 0 atom stereocenters. The van der Waals surface area contributed by atoms with E-state index in [1.165, 1.54) is 5.56 Å². The second-order valence-electron chi connectivity index (χ2n) is 6.94. The highest BCUT2D eigenvalue weighted by molar-refractivity contribution is 5.97. The summed E-state index contributed by atoms with van der Waals surface area (Å²) in [7, 11) is 0. The van der Waals surface area contributed by atoms with Crippen molar-refractivity contribution < 1.29 is 9.90 Å². The highest BCUT2D eigenvalue weighted by atomic mass is 16.4. The number of nitrogen functional groups attached to an aromatic ring is 1. The highest BCUT2D eigenvalue weighted by Crippen LogP contribution is 2.33. The van der Waals surface area contributed by atoms with Crippen molar-refractivity contribution >= 4 is 17.5 Å². The van der Waals surface area contributed by atoms with Gasteiger partial charge in [0.2, 0.25) is 0 Å². The second-order valence-corrected chi connectivity index (χ2v) is 6.94. The molecule has 1 aliphatic heterocycles. The number of nitrogens with one attached hydrogen (secondary N) is 1. The number of hydrogen-bond donors (Lipinski definition) is 3. The smallest absolute Gasteiger partial charge is 0.336 e. The molecule has 1 heterocycles. The van der Waals surface area contributed by atoms with Crippen LogP contribution < -0.4 is 10.6 Å². The molecule has 0 amide bonds. The van der Waals surface area contributed by atoms with Crippen LogP contribution >= 0.6 is 0 Å². The molecule has 0 saturated carbocycles. The van der Waals surface area contributed by atoms with Crippen LogP contribution in [-0.4, -0.2) is 23.5 Å². The molecule has 4 rings (SSSR count). The minimum absolute atomic E-state index is 0.0606. The summed E-state index contributed by atoms with van der Waals surface area (Å²) >= 11 is 0. The number of carboxylic acids is 1. The van der Waals surface area contributed by atoms with Crippen LogP contribution in [0.4, 0.5) is 5.69 Å². The minimum atomic E-state index is -0.928. The third-order valence-electron chi connectivity index (χ3n) is 5.21. The van der Waals surface area contributed by atoms with E-state index in [2.05, 4.69) is 4.90 Å². The van der Waals surface area contributed by atoms with Crippen LogP contribution in [0.1, 0.15) is 27.0 Å². The molecule has 28 heavy (non-hydrogen) atoms. The van der Waals surface area contributed by atoms with E-state index in [1.54, 1.807) is 12.1 Å². The van der Waals surface area contributed by atoms with Gasteiger partial charge in [-0.15, -0.1) is 0 Å². The number of benzene rings is 3. The van der Waals surface area contributed by atoms with Crippen molar-refractivity contribution in [3.05, 3.63) is 89.0 Å². The maximum atomic E-state index is 11.7. The fourth-order valence-electron chi connectivity index (χ4n) is 3.81. The van der Waals surface area contributed by atoms with E-state index in [4.69, 9.17) is 11.1 Å². The third-order valence-corrected chi connectivity index (χ3v) is 5.21. The van der Waals surface area contributed by atoms with Crippen LogP contribution in [0.2, 0.25) is 0 Å². The van der Waals surface area contributed by atoms with E-state index in [-0.39, 0.29) is 5.84 Å². The summed E-state index contributed by atoms with van der Waals surface area (Å²) in [5.41, 5.74) is 11.7. The number of carbonyl (C=O) groups is 1. The molecule has 0 unspecified atom stereocenters. The van der Waals surface area contributed by atoms with Gasteiger partial charge in [0.25, 0.3) is 0 Å². The van der Waals surface area contributed by atoms with Gasteiger partial charge in [-0.3, -0.25) is 5.41 Å². The van der Waals surface area contributed by atoms with Gasteiger partial charge in [0.1, 0.15) is 5.84 Å². The topological polar surface area (TPSA) is 90.4 Å². The molecule has 0 bridgehead atoms. The van der Waals surface area contributed by atoms with Gasteiger partial charge < -0.3 is 15.7 Å². The summed E-state index contributed by atoms with van der Waals surface area (Å²) in [6.07, 6.45) is 0.946. The van der Waals surface area contributed by atoms with E-state index in [0.29, 0.717) is 12.1 Å². The first-order valence-corrected chi connectivity index (χ1v) is 9.17. The summed E-state index contributed by atoms with van der Waals surface area (Å²) in [6, 6.07) is 20.9. The van der Waals surface area contributed by atoms with Crippen molar-refractivity contribution in [3.63, 3.8) is 0 Å². The summed E-state index contributed by atoms with van der Waals surface area (Å²) in [6.45, 7) is 1.55. The Balaban J connectivity index is 1.72. The normalized spacial score (nSPS) is 12.6. The largest absolute Gasteiger partial charge is 0.478 e. The molecule has 4 N–H and O–H groups in total. The summed E-state index contributed by atoms with van der Waals surface area (Å²) in [5.74, 6) is -0.867. The van der Waals surface area contributed by atoms with Gasteiger partial charge >= 0.3 is 5.97 Å². The van der Waals surface area contributed by atoms with Gasteiger partial charge in [0.05, 0.1) is 5.56 Å². The van der Waals surface area contributed by atoms with Gasteiger partial charge in [-0.2, -0.15) is 0 Å². The lowest BCUT2D eigenvalue weighted by Gasteiger charge is -2.22. The molecular weight excluding hydrogens is 350 g/mol. The average molecular weight is 371 g/mol. The van der Waals surface area contributed by atoms with E-state index in [9.17, 15) is 9.90 Å². The van der Waals surface area contributed by atoms with E-state index >= 15 is 0 Å². The van der Waals surface area contributed by atoms with Crippen LogP contribution in [0.15, 0.2) is 66.7 Å². The number of fused-ring (bicyclic) bond motifs is 1. The van der Waals surface area contributed by atoms with Crippen LogP contribution in [0, 0.1) is 5.41 Å². The fourth-order valence-corrected chi connectivity index (χ4v) is 3.81. The number of amidine groups is 1. The molecule has 0 fully saturated rings. The SMILES string of the molecule is N=C(N)c1ccc2c(c1)N(Cc1ccccc1-c1ccccc1C(=O)O)CC2.